The van der Waals surface area contributed by atoms with Crippen molar-refractivity contribution < 1.29 is 4.74 Å². The molecular weight excluding hydrogens is 537 g/mol. The largest absolute Gasteiger partial charge is 0.373 e. The molecule has 0 radical (unpaired) electrons. The fraction of sp³-hybridized carbons (Fsp3) is 0.407. The molecule has 1 aromatic heterocycles. The molecule has 1 saturated heterocycles. The highest BCUT2D eigenvalue weighted by Crippen LogP contribution is 2.33. The lowest BCUT2D eigenvalue weighted by molar-refractivity contribution is -0.0265. The minimum absolute atomic E-state index is 0. The molecule has 4 rings (SSSR count). The molecule has 2 N–H and O–H groups in total. The van der Waals surface area contributed by atoms with Crippen LogP contribution in [0.4, 0.5) is 0 Å². The van der Waals surface area contributed by atoms with Gasteiger partial charge in [-0.2, -0.15) is 0 Å². The van der Waals surface area contributed by atoms with Gasteiger partial charge in [0.25, 0.3) is 0 Å². The van der Waals surface area contributed by atoms with Gasteiger partial charge in [0.05, 0.1) is 6.10 Å². The van der Waals surface area contributed by atoms with Gasteiger partial charge in [-0.15, -0.1) is 24.0 Å². The van der Waals surface area contributed by atoms with Crippen LogP contribution in [0, 0.1) is 19.8 Å². The monoisotopic (exact) mass is 573 g/mol. The van der Waals surface area contributed by atoms with E-state index in [4.69, 9.17) is 4.74 Å². The van der Waals surface area contributed by atoms with Gasteiger partial charge in [-0.25, -0.2) is 4.98 Å². The molecule has 0 bridgehead atoms. The van der Waals surface area contributed by atoms with Crippen molar-refractivity contribution in [2.45, 2.75) is 45.9 Å². The van der Waals surface area contributed by atoms with E-state index in [9.17, 15) is 0 Å². The number of ether oxygens (including phenoxy) is 1. The third-order valence-corrected chi connectivity index (χ3v) is 6.33. The molecule has 0 aliphatic carbocycles. The van der Waals surface area contributed by atoms with E-state index >= 15 is 0 Å². The molecule has 2 aromatic carbocycles. The molecule has 34 heavy (non-hydrogen) atoms. The summed E-state index contributed by atoms with van der Waals surface area (Å²) >= 11 is 0. The van der Waals surface area contributed by atoms with Crippen LogP contribution in [0.25, 0.3) is 0 Å². The number of rotatable bonds is 7. The third kappa shape index (κ3) is 7.06. The first-order valence-electron chi connectivity index (χ1n) is 11.8. The average Bonchev–Trinajstić information content (AvgIpc) is 3.24. The van der Waals surface area contributed by atoms with E-state index in [0.717, 1.165) is 50.9 Å². The van der Waals surface area contributed by atoms with Crippen molar-refractivity contribution in [3.8, 4) is 0 Å². The van der Waals surface area contributed by atoms with Gasteiger partial charge < -0.3 is 19.9 Å². The predicted octanol–water partition coefficient (Wildman–Crippen LogP) is 5.00. The van der Waals surface area contributed by atoms with E-state index in [-0.39, 0.29) is 30.1 Å². The smallest absolute Gasteiger partial charge is 0.191 e. The fourth-order valence-corrected chi connectivity index (χ4v) is 4.42. The summed E-state index contributed by atoms with van der Waals surface area (Å²) in [6.07, 6.45) is 6.25. The Labute approximate surface area is 220 Å². The van der Waals surface area contributed by atoms with Crippen molar-refractivity contribution in [1.82, 2.24) is 20.2 Å². The molecule has 2 heterocycles. The van der Waals surface area contributed by atoms with Crippen LogP contribution in [-0.4, -0.2) is 35.7 Å². The molecule has 1 aliphatic heterocycles. The van der Waals surface area contributed by atoms with Gasteiger partial charge in [0.15, 0.2) is 5.96 Å². The Morgan fingerprint density at radius 1 is 1.12 bits per heavy atom. The quantitative estimate of drug-likeness (QED) is 0.237. The van der Waals surface area contributed by atoms with Gasteiger partial charge in [-0.05, 0) is 43.4 Å². The summed E-state index contributed by atoms with van der Waals surface area (Å²) in [5, 5.41) is 6.99. The zero-order valence-electron chi connectivity index (χ0n) is 20.3. The number of benzene rings is 2. The summed E-state index contributed by atoms with van der Waals surface area (Å²) in [5.74, 6) is 2.26. The van der Waals surface area contributed by atoms with E-state index in [1.54, 1.807) is 0 Å². The number of halogens is 1. The van der Waals surface area contributed by atoms with E-state index in [1.807, 2.05) is 26.4 Å². The number of guanidine groups is 1. The highest BCUT2D eigenvalue weighted by atomic mass is 127. The van der Waals surface area contributed by atoms with Crippen LogP contribution in [0.1, 0.15) is 47.0 Å². The van der Waals surface area contributed by atoms with Gasteiger partial charge in [0.1, 0.15) is 5.82 Å². The molecule has 1 fully saturated rings. The number of aryl methyl sites for hydroxylation is 2. The lowest BCUT2D eigenvalue weighted by atomic mass is 9.89. The van der Waals surface area contributed by atoms with Crippen LogP contribution < -0.4 is 10.6 Å². The van der Waals surface area contributed by atoms with Gasteiger partial charge in [0, 0.05) is 51.6 Å². The normalized spacial score (nSPS) is 18.3. The van der Waals surface area contributed by atoms with E-state index in [2.05, 4.69) is 80.6 Å². The Morgan fingerprint density at radius 2 is 1.91 bits per heavy atom. The summed E-state index contributed by atoms with van der Waals surface area (Å²) in [5.41, 5.74) is 5.03. The zero-order chi connectivity index (χ0) is 23.0. The number of nitrogens with one attached hydrogen (secondary N) is 2. The predicted molar refractivity (Wildman–Crippen MR) is 149 cm³/mol. The van der Waals surface area contributed by atoms with Crippen molar-refractivity contribution in [2.24, 2.45) is 10.9 Å². The Balaban J connectivity index is 0.00000324. The third-order valence-electron chi connectivity index (χ3n) is 6.33. The van der Waals surface area contributed by atoms with Crippen LogP contribution in [0.15, 0.2) is 65.9 Å². The summed E-state index contributed by atoms with van der Waals surface area (Å²) in [4.78, 5) is 8.74. The van der Waals surface area contributed by atoms with Crippen molar-refractivity contribution in [3.63, 3.8) is 0 Å². The van der Waals surface area contributed by atoms with E-state index < -0.39 is 0 Å². The lowest BCUT2D eigenvalue weighted by Crippen LogP contribution is -2.41. The van der Waals surface area contributed by atoms with E-state index in [1.165, 1.54) is 22.3 Å². The van der Waals surface area contributed by atoms with Gasteiger partial charge in [-0.1, -0.05) is 54.1 Å². The van der Waals surface area contributed by atoms with Crippen LogP contribution in [0.3, 0.4) is 0 Å². The topological polar surface area (TPSA) is 63.5 Å². The molecule has 182 valence electrons. The molecule has 2 unspecified atom stereocenters. The van der Waals surface area contributed by atoms with Crippen LogP contribution in [-0.2, 0) is 17.8 Å². The second-order valence-electron chi connectivity index (χ2n) is 8.83. The number of hydrogen-bond acceptors (Lipinski definition) is 3. The standard InChI is InChI=1S/C27H35N5O.HI/c1-20-9-11-24(12-10-20)26-25(8-5-15-33-26)18-31-27(28-3)30-17-22-6-4-7-23(16-22)19-32-14-13-29-21(32)2;/h4,6-7,9-14,16,25-26H,5,8,15,17-19H2,1-3H3,(H2,28,30,31);1H. The maximum atomic E-state index is 6.17. The van der Waals surface area contributed by atoms with Crippen molar-refractivity contribution >= 4 is 29.9 Å². The fourth-order valence-electron chi connectivity index (χ4n) is 4.42. The van der Waals surface area contributed by atoms with Gasteiger partial charge in [-0.3, -0.25) is 4.99 Å². The van der Waals surface area contributed by atoms with Crippen molar-refractivity contribution in [2.75, 3.05) is 20.2 Å². The van der Waals surface area contributed by atoms with Gasteiger partial charge >= 0.3 is 0 Å². The molecule has 1 aliphatic rings. The summed E-state index contributed by atoms with van der Waals surface area (Å²) in [6, 6.07) is 17.4. The lowest BCUT2D eigenvalue weighted by Gasteiger charge is -2.32. The Kier molecular flexibility index (Phi) is 9.95. The molecular formula is C27H36IN5O. The molecule has 0 saturated carbocycles. The van der Waals surface area contributed by atoms with Crippen LogP contribution >= 0.6 is 24.0 Å². The molecule has 6 nitrogen and oxygen atoms in total. The SMILES string of the molecule is CN=C(NCc1cccc(Cn2ccnc2C)c1)NCC1CCCOC1c1ccc(C)cc1.I. The number of aliphatic imine (C=N–C) groups is 1. The maximum absolute atomic E-state index is 6.17. The first-order valence-corrected chi connectivity index (χ1v) is 11.8. The Morgan fingerprint density at radius 3 is 2.65 bits per heavy atom. The first-order chi connectivity index (χ1) is 16.1. The van der Waals surface area contributed by atoms with Crippen LogP contribution in [0.2, 0.25) is 0 Å². The number of aromatic nitrogens is 2. The average molecular weight is 574 g/mol. The van der Waals surface area contributed by atoms with Crippen molar-refractivity contribution in [1.29, 1.82) is 0 Å². The molecule has 3 aromatic rings. The van der Waals surface area contributed by atoms with Gasteiger partial charge in [0.2, 0.25) is 0 Å². The molecule has 2 atom stereocenters. The molecule has 7 heteroatoms. The highest BCUT2D eigenvalue weighted by molar-refractivity contribution is 14.0. The zero-order valence-corrected chi connectivity index (χ0v) is 22.7. The maximum Gasteiger partial charge on any atom is 0.191 e. The number of hydrogen-bond donors (Lipinski definition) is 2. The highest BCUT2D eigenvalue weighted by Gasteiger charge is 2.27. The van der Waals surface area contributed by atoms with Crippen LogP contribution in [0.5, 0.6) is 0 Å². The summed E-state index contributed by atoms with van der Waals surface area (Å²) < 4.78 is 8.33. The Bertz CT molecular complexity index is 1060. The number of nitrogens with zero attached hydrogens (tertiary/aromatic N) is 3. The first kappa shape index (κ1) is 26.2. The summed E-state index contributed by atoms with van der Waals surface area (Å²) in [6.45, 7) is 7.36. The molecule has 0 amide bonds. The Hall–Kier alpha value is -2.39. The minimum Gasteiger partial charge on any atom is -0.373 e. The van der Waals surface area contributed by atoms with Crippen molar-refractivity contribution in [3.05, 3.63) is 89.0 Å². The van der Waals surface area contributed by atoms with E-state index in [0.29, 0.717) is 5.92 Å². The molecule has 0 spiro atoms. The summed E-state index contributed by atoms with van der Waals surface area (Å²) in [7, 11) is 1.82. The second-order valence-corrected chi connectivity index (χ2v) is 8.83. The minimum atomic E-state index is 0. The second kappa shape index (κ2) is 12.9. The number of imidazole rings is 1.